The molecule has 0 saturated carbocycles. The Hall–Kier alpha value is -1.02. The highest BCUT2D eigenvalue weighted by Crippen LogP contribution is 2.13. The second kappa shape index (κ2) is 10.7. The second-order valence-electron chi connectivity index (χ2n) is 5.01. The number of carbonyl (C=O) groups excluding carboxylic acids is 1. The molecule has 0 aliphatic heterocycles. The summed E-state index contributed by atoms with van der Waals surface area (Å²) in [6.07, 6.45) is 6.67. The Morgan fingerprint density at radius 1 is 1.09 bits per heavy atom. The third-order valence-electron chi connectivity index (χ3n) is 3.24. The molecule has 1 rings (SSSR count). The minimum absolute atomic E-state index is 0.228. The van der Waals surface area contributed by atoms with E-state index in [-0.39, 0.29) is 6.61 Å². The van der Waals surface area contributed by atoms with Gasteiger partial charge in [-0.05, 0) is 25.0 Å². The minimum atomic E-state index is -3.47. The molecule has 1 amide bonds. The first-order valence-electron chi connectivity index (χ1n) is 7.42. The van der Waals surface area contributed by atoms with Gasteiger partial charge < -0.3 is 4.90 Å². The molecule has 1 atom stereocenters. The molecule has 0 heterocycles. The van der Waals surface area contributed by atoms with Gasteiger partial charge in [-0.25, -0.2) is 0 Å². The zero-order valence-electron chi connectivity index (χ0n) is 12.6. The quantitative estimate of drug-likeness (QED) is 0.466. The lowest BCUT2D eigenvalue weighted by Crippen LogP contribution is -2.22. The first-order valence-corrected chi connectivity index (χ1v) is 9.78. The van der Waals surface area contributed by atoms with Crippen molar-refractivity contribution in [1.82, 2.24) is 0 Å². The van der Waals surface area contributed by atoms with Gasteiger partial charge in [-0.1, -0.05) is 43.9 Å². The van der Waals surface area contributed by atoms with Crippen LogP contribution in [0.5, 0.6) is 0 Å². The summed E-state index contributed by atoms with van der Waals surface area (Å²) in [5.41, 5.74) is 0.922. The Bertz CT molecular complexity index is 520. The van der Waals surface area contributed by atoms with Crippen LogP contribution >= 0.6 is 0 Å². The number of hydrogen-bond donors (Lipinski definition) is 1. The molecule has 124 valence electrons. The molecule has 0 fully saturated rings. The number of unbranched alkanes of at least 4 members (excludes halogenated alkanes) is 5. The first kappa shape index (κ1) is 19.0. The molecule has 1 unspecified atom stereocenters. The first-order chi connectivity index (χ1) is 10.5. The summed E-state index contributed by atoms with van der Waals surface area (Å²) < 4.78 is 24.0. The molecule has 0 spiro atoms. The van der Waals surface area contributed by atoms with E-state index in [0.29, 0.717) is 0 Å². The van der Waals surface area contributed by atoms with E-state index in [0.717, 1.165) is 57.2 Å². The Morgan fingerprint density at radius 3 is 2.27 bits per heavy atom. The summed E-state index contributed by atoms with van der Waals surface area (Å²) in [7, 11) is -3.47. The molecular weight excluding hydrogens is 322 g/mol. The number of para-hydroxylation sites is 1. The number of anilines is 1. The lowest BCUT2D eigenvalue weighted by atomic mass is 10.1. The fraction of sp³-hybridized carbons (Fsp3) is 0.533. The van der Waals surface area contributed by atoms with E-state index in [2.05, 4.69) is 15.4 Å². The van der Waals surface area contributed by atoms with Crippen molar-refractivity contribution in [2.75, 3.05) is 18.1 Å². The number of carbonyl (C=O) groups is 1. The van der Waals surface area contributed by atoms with Crippen molar-refractivity contribution in [3.05, 3.63) is 30.3 Å². The molecule has 22 heavy (non-hydrogen) atoms. The highest BCUT2D eigenvalue weighted by atomic mass is 32.9. The Balaban J connectivity index is 2.04. The van der Waals surface area contributed by atoms with Crippen LogP contribution in [0.1, 0.15) is 38.5 Å². The van der Waals surface area contributed by atoms with Crippen LogP contribution in [0, 0.1) is 0 Å². The summed E-state index contributed by atoms with van der Waals surface area (Å²) in [5, 5.41) is 0. The fourth-order valence-electron chi connectivity index (χ4n) is 2.12. The van der Waals surface area contributed by atoms with Crippen LogP contribution in [0.2, 0.25) is 0 Å². The summed E-state index contributed by atoms with van der Waals surface area (Å²) in [6, 6.07) is 9.61. The summed E-state index contributed by atoms with van der Waals surface area (Å²) >= 11 is 4.22. The minimum Gasteiger partial charge on any atom is -0.315 e. The fourth-order valence-corrected chi connectivity index (χ4v) is 2.65. The average molecular weight is 345 g/mol. The number of benzene rings is 1. The number of nitrogens with zero attached hydrogens (tertiary/aromatic N) is 1. The molecule has 0 radical (unpaired) electrons. The van der Waals surface area contributed by atoms with E-state index >= 15 is 0 Å². The smallest absolute Gasteiger partial charge is 0.266 e. The van der Waals surface area contributed by atoms with Crippen LogP contribution in [0.15, 0.2) is 30.3 Å². The van der Waals surface area contributed by atoms with Crippen molar-refractivity contribution in [2.45, 2.75) is 38.5 Å². The van der Waals surface area contributed by atoms with Crippen LogP contribution in [-0.4, -0.2) is 28.3 Å². The van der Waals surface area contributed by atoms with Gasteiger partial charge in [-0.2, -0.15) is 4.21 Å². The molecule has 0 aromatic heterocycles. The van der Waals surface area contributed by atoms with E-state index in [9.17, 15) is 9.00 Å². The van der Waals surface area contributed by atoms with E-state index in [1.165, 1.54) is 0 Å². The van der Waals surface area contributed by atoms with Crippen LogP contribution in [0.3, 0.4) is 0 Å². The van der Waals surface area contributed by atoms with Crippen molar-refractivity contribution < 1.29 is 17.7 Å². The second-order valence-corrected chi connectivity index (χ2v) is 7.36. The lowest BCUT2D eigenvalue weighted by Gasteiger charge is -2.17. The van der Waals surface area contributed by atoms with Crippen molar-refractivity contribution >= 4 is 32.3 Å². The van der Waals surface area contributed by atoms with Gasteiger partial charge >= 0.3 is 0 Å². The van der Waals surface area contributed by atoms with Crippen LogP contribution in [0.4, 0.5) is 5.69 Å². The number of amides is 1. The Kier molecular flexibility index (Phi) is 9.22. The highest BCUT2D eigenvalue weighted by molar-refractivity contribution is 8.27. The molecule has 5 nitrogen and oxygen atoms in total. The zero-order valence-corrected chi connectivity index (χ0v) is 14.2. The molecule has 0 aliphatic rings. The van der Waals surface area contributed by atoms with E-state index < -0.39 is 9.05 Å². The van der Waals surface area contributed by atoms with Crippen molar-refractivity contribution in [1.29, 1.82) is 0 Å². The van der Waals surface area contributed by atoms with Crippen LogP contribution in [-0.2, 0) is 29.2 Å². The normalized spacial score (nSPS) is 13.5. The van der Waals surface area contributed by atoms with Gasteiger partial charge in [-0.3, -0.25) is 13.5 Å². The van der Waals surface area contributed by atoms with Gasteiger partial charge in [0.1, 0.15) is 0 Å². The molecular formula is C15H23NO4S2. The average Bonchev–Trinajstić information content (AvgIpc) is 2.49. The van der Waals surface area contributed by atoms with E-state index in [1.54, 1.807) is 4.90 Å². The van der Waals surface area contributed by atoms with Crippen molar-refractivity contribution in [3.63, 3.8) is 0 Å². The molecule has 0 bridgehead atoms. The Labute approximate surface area is 137 Å². The third-order valence-corrected chi connectivity index (χ3v) is 3.99. The maximum atomic E-state index is 11.1. The Morgan fingerprint density at radius 2 is 1.68 bits per heavy atom. The predicted octanol–water partition coefficient (Wildman–Crippen LogP) is 3.14. The lowest BCUT2D eigenvalue weighted by molar-refractivity contribution is -0.107. The van der Waals surface area contributed by atoms with Gasteiger partial charge in [0.25, 0.3) is 9.05 Å². The van der Waals surface area contributed by atoms with Gasteiger partial charge in [0, 0.05) is 23.4 Å². The zero-order chi connectivity index (χ0) is 16.3. The molecule has 1 aromatic rings. The monoisotopic (exact) mass is 345 g/mol. The number of hydrogen-bond acceptors (Lipinski definition) is 4. The van der Waals surface area contributed by atoms with Crippen molar-refractivity contribution in [2.24, 2.45) is 0 Å². The standard InChI is InChI=1S/C15H23NO4S2/c17-14-16(15-10-6-5-7-11-15)12-8-3-1-2-4-9-13-20-22(18,19)21/h5-7,10-11,14H,1-4,8-9,12-13H2,(H,18,19,21). The number of rotatable bonds is 12. The van der Waals surface area contributed by atoms with E-state index in [4.69, 9.17) is 4.55 Å². The van der Waals surface area contributed by atoms with Gasteiger partial charge in [-0.15, -0.1) is 0 Å². The summed E-state index contributed by atoms with van der Waals surface area (Å²) in [6.45, 7) is 0.949. The maximum absolute atomic E-state index is 11.1. The molecule has 1 aromatic carbocycles. The molecule has 0 saturated heterocycles. The van der Waals surface area contributed by atoms with Gasteiger partial charge in [0.05, 0.1) is 6.61 Å². The third kappa shape index (κ3) is 9.09. The van der Waals surface area contributed by atoms with Gasteiger partial charge in [0.2, 0.25) is 6.41 Å². The molecule has 1 N–H and O–H groups in total. The predicted molar refractivity (Wildman–Crippen MR) is 91.6 cm³/mol. The largest absolute Gasteiger partial charge is 0.315 e. The van der Waals surface area contributed by atoms with Crippen molar-refractivity contribution in [3.8, 4) is 0 Å². The van der Waals surface area contributed by atoms with Crippen LogP contribution < -0.4 is 4.90 Å². The summed E-state index contributed by atoms with van der Waals surface area (Å²) in [5.74, 6) is 0. The molecule has 7 heteroatoms. The van der Waals surface area contributed by atoms with E-state index in [1.807, 2.05) is 30.3 Å². The maximum Gasteiger partial charge on any atom is 0.266 e. The highest BCUT2D eigenvalue weighted by Gasteiger charge is 2.03. The summed E-state index contributed by atoms with van der Waals surface area (Å²) in [4.78, 5) is 12.8. The SMILES string of the molecule is O=CN(CCCCCCCCOS(=O)(O)=S)c1ccccc1. The van der Waals surface area contributed by atoms with Gasteiger partial charge in [0.15, 0.2) is 0 Å². The molecule has 0 aliphatic carbocycles. The van der Waals surface area contributed by atoms with Crippen LogP contribution in [0.25, 0.3) is 0 Å². The topological polar surface area (TPSA) is 66.8 Å².